The van der Waals surface area contributed by atoms with Crippen LogP contribution in [0.1, 0.15) is 37.3 Å². The van der Waals surface area contributed by atoms with Crippen LogP contribution in [0.4, 0.5) is 0 Å². The van der Waals surface area contributed by atoms with Crippen LogP contribution < -0.4 is 0 Å². The maximum atomic E-state index is 12.0. The number of carbonyl (C=O) groups excluding carboxylic acids is 1. The van der Waals surface area contributed by atoms with E-state index in [1.807, 2.05) is 30.3 Å². The van der Waals surface area contributed by atoms with Crippen molar-refractivity contribution < 1.29 is 9.53 Å². The Morgan fingerprint density at radius 2 is 2.20 bits per heavy atom. The standard InChI is InChI=1S/C16H20N2O2/c1-20-16(19)15-9-5-6-12-18(15)14(10-11-17)13-7-3-2-4-8-13/h2-4,7-8,14-15H,5-6,9-10,12H2,1H3/t14?,15-/m1/s1. The van der Waals surface area contributed by atoms with E-state index >= 15 is 0 Å². The molecule has 1 fully saturated rings. The van der Waals surface area contributed by atoms with Crippen molar-refractivity contribution in [3.63, 3.8) is 0 Å². The molecule has 106 valence electrons. The molecule has 0 aromatic heterocycles. The van der Waals surface area contributed by atoms with Gasteiger partial charge in [0.1, 0.15) is 6.04 Å². The lowest BCUT2D eigenvalue weighted by molar-refractivity contribution is -0.149. The summed E-state index contributed by atoms with van der Waals surface area (Å²) < 4.78 is 4.92. The van der Waals surface area contributed by atoms with Crippen molar-refractivity contribution in [3.8, 4) is 6.07 Å². The first kappa shape index (κ1) is 14.5. The third-order valence-electron chi connectivity index (χ3n) is 3.89. The SMILES string of the molecule is COC(=O)[C@H]1CCCCN1C(CC#N)c1ccccc1. The maximum Gasteiger partial charge on any atom is 0.323 e. The molecule has 4 heteroatoms. The summed E-state index contributed by atoms with van der Waals surface area (Å²) in [5.41, 5.74) is 1.09. The van der Waals surface area contributed by atoms with Crippen LogP contribution >= 0.6 is 0 Å². The van der Waals surface area contributed by atoms with Gasteiger partial charge in [-0.2, -0.15) is 5.26 Å². The number of likely N-dealkylation sites (tertiary alicyclic amines) is 1. The van der Waals surface area contributed by atoms with Gasteiger partial charge in [-0.15, -0.1) is 0 Å². The maximum absolute atomic E-state index is 12.0. The molecule has 20 heavy (non-hydrogen) atoms. The van der Waals surface area contributed by atoms with Gasteiger partial charge in [-0.25, -0.2) is 0 Å². The number of nitriles is 1. The van der Waals surface area contributed by atoms with Gasteiger partial charge >= 0.3 is 5.97 Å². The smallest absolute Gasteiger partial charge is 0.323 e. The minimum atomic E-state index is -0.229. The third kappa shape index (κ3) is 3.17. The fourth-order valence-corrected chi connectivity index (χ4v) is 2.90. The fraction of sp³-hybridized carbons (Fsp3) is 0.500. The molecular formula is C16H20N2O2. The van der Waals surface area contributed by atoms with Crippen molar-refractivity contribution in [2.24, 2.45) is 0 Å². The summed E-state index contributed by atoms with van der Waals surface area (Å²) in [6.07, 6.45) is 3.28. The minimum absolute atomic E-state index is 0.0365. The molecule has 0 radical (unpaired) electrons. The van der Waals surface area contributed by atoms with Gasteiger partial charge in [0.15, 0.2) is 0 Å². The molecule has 2 atom stereocenters. The molecule has 0 aliphatic carbocycles. The number of carbonyl (C=O) groups is 1. The van der Waals surface area contributed by atoms with E-state index in [0.717, 1.165) is 31.4 Å². The normalized spacial score (nSPS) is 20.9. The monoisotopic (exact) mass is 272 g/mol. The van der Waals surface area contributed by atoms with E-state index in [0.29, 0.717) is 6.42 Å². The molecule has 1 saturated heterocycles. The molecule has 1 aromatic rings. The van der Waals surface area contributed by atoms with E-state index in [4.69, 9.17) is 10.00 Å². The van der Waals surface area contributed by atoms with Gasteiger partial charge < -0.3 is 4.74 Å². The molecule has 1 heterocycles. The lowest BCUT2D eigenvalue weighted by Crippen LogP contribution is -2.47. The lowest BCUT2D eigenvalue weighted by atomic mass is 9.95. The Hall–Kier alpha value is -1.86. The zero-order valence-electron chi connectivity index (χ0n) is 11.8. The fourth-order valence-electron chi connectivity index (χ4n) is 2.90. The molecule has 1 aromatic carbocycles. The minimum Gasteiger partial charge on any atom is -0.468 e. The predicted octanol–water partition coefficient (Wildman–Crippen LogP) is 2.67. The van der Waals surface area contributed by atoms with Gasteiger partial charge in [0, 0.05) is 6.04 Å². The van der Waals surface area contributed by atoms with Crippen LogP contribution in [0.2, 0.25) is 0 Å². The Bertz CT molecular complexity index is 481. The average Bonchev–Trinajstić information content (AvgIpc) is 2.53. The second kappa shape index (κ2) is 7.06. The molecule has 0 bridgehead atoms. The van der Waals surface area contributed by atoms with Crippen LogP contribution in [0.5, 0.6) is 0 Å². The van der Waals surface area contributed by atoms with Crippen LogP contribution in [0.3, 0.4) is 0 Å². The van der Waals surface area contributed by atoms with Crippen LogP contribution in [-0.4, -0.2) is 30.6 Å². The first-order chi connectivity index (χ1) is 9.77. The topological polar surface area (TPSA) is 53.3 Å². The summed E-state index contributed by atoms with van der Waals surface area (Å²) in [6, 6.07) is 11.9. The Morgan fingerprint density at radius 3 is 2.85 bits per heavy atom. The van der Waals surface area contributed by atoms with Crippen LogP contribution in [0, 0.1) is 11.3 Å². The highest BCUT2D eigenvalue weighted by Crippen LogP contribution is 2.31. The summed E-state index contributed by atoms with van der Waals surface area (Å²) >= 11 is 0. The van der Waals surface area contributed by atoms with E-state index in [1.165, 1.54) is 7.11 Å². The summed E-state index contributed by atoms with van der Waals surface area (Å²) in [6.45, 7) is 0.834. The lowest BCUT2D eigenvalue weighted by Gasteiger charge is -2.39. The van der Waals surface area contributed by atoms with Crippen LogP contribution in [0.25, 0.3) is 0 Å². The van der Waals surface area contributed by atoms with Crippen molar-refractivity contribution in [1.29, 1.82) is 5.26 Å². The van der Waals surface area contributed by atoms with Crippen LogP contribution in [-0.2, 0) is 9.53 Å². The molecule has 2 rings (SSSR count). The van der Waals surface area contributed by atoms with E-state index in [1.54, 1.807) is 0 Å². The van der Waals surface area contributed by atoms with Crippen LogP contribution in [0.15, 0.2) is 30.3 Å². The summed E-state index contributed by atoms with van der Waals surface area (Å²) in [5.74, 6) is -0.191. The van der Waals surface area contributed by atoms with E-state index in [9.17, 15) is 4.79 Å². The second-order valence-electron chi connectivity index (χ2n) is 5.06. The summed E-state index contributed by atoms with van der Waals surface area (Å²) in [7, 11) is 1.43. The molecule has 1 aliphatic rings. The highest BCUT2D eigenvalue weighted by atomic mass is 16.5. The molecule has 0 saturated carbocycles. The predicted molar refractivity (Wildman–Crippen MR) is 75.8 cm³/mol. The highest BCUT2D eigenvalue weighted by Gasteiger charge is 2.34. The van der Waals surface area contributed by atoms with Crippen molar-refractivity contribution >= 4 is 5.97 Å². The first-order valence-corrected chi connectivity index (χ1v) is 7.03. The van der Waals surface area contributed by atoms with Gasteiger partial charge in [-0.05, 0) is 24.9 Å². The van der Waals surface area contributed by atoms with Crippen molar-refractivity contribution in [3.05, 3.63) is 35.9 Å². The number of rotatable bonds is 4. The van der Waals surface area contributed by atoms with Crippen molar-refractivity contribution in [2.45, 2.75) is 37.8 Å². The Kier molecular flexibility index (Phi) is 5.14. The number of piperidine rings is 1. The zero-order valence-corrected chi connectivity index (χ0v) is 11.8. The largest absolute Gasteiger partial charge is 0.468 e. The van der Waals surface area contributed by atoms with Gasteiger partial charge in [0.25, 0.3) is 0 Å². The molecular weight excluding hydrogens is 252 g/mol. The van der Waals surface area contributed by atoms with E-state index in [-0.39, 0.29) is 18.1 Å². The number of esters is 1. The number of nitrogens with zero attached hydrogens (tertiary/aromatic N) is 2. The van der Waals surface area contributed by atoms with E-state index < -0.39 is 0 Å². The van der Waals surface area contributed by atoms with Gasteiger partial charge in [0.2, 0.25) is 0 Å². The van der Waals surface area contributed by atoms with Gasteiger partial charge in [0.05, 0.1) is 19.6 Å². The zero-order chi connectivity index (χ0) is 14.4. The van der Waals surface area contributed by atoms with Crippen molar-refractivity contribution in [1.82, 2.24) is 4.90 Å². The Balaban J connectivity index is 2.27. The molecule has 0 spiro atoms. The number of methoxy groups -OCH3 is 1. The second-order valence-corrected chi connectivity index (χ2v) is 5.06. The Labute approximate surface area is 120 Å². The Morgan fingerprint density at radius 1 is 1.45 bits per heavy atom. The quantitative estimate of drug-likeness (QED) is 0.791. The molecule has 4 nitrogen and oxygen atoms in total. The highest BCUT2D eigenvalue weighted by molar-refractivity contribution is 5.75. The van der Waals surface area contributed by atoms with Gasteiger partial charge in [-0.1, -0.05) is 36.8 Å². The first-order valence-electron chi connectivity index (χ1n) is 7.03. The molecule has 1 unspecified atom stereocenters. The molecule has 0 amide bonds. The molecule has 1 aliphatic heterocycles. The van der Waals surface area contributed by atoms with Gasteiger partial charge in [-0.3, -0.25) is 9.69 Å². The number of ether oxygens (including phenoxy) is 1. The van der Waals surface area contributed by atoms with E-state index in [2.05, 4.69) is 11.0 Å². The van der Waals surface area contributed by atoms with Crippen molar-refractivity contribution in [2.75, 3.05) is 13.7 Å². The summed E-state index contributed by atoms with van der Waals surface area (Å²) in [4.78, 5) is 14.1. The molecule has 0 N–H and O–H groups in total. The number of hydrogen-bond donors (Lipinski definition) is 0. The number of hydrogen-bond acceptors (Lipinski definition) is 4. The average molecular weight is 272 g/mol. The summed E-state index contributed by atoms with van der Waals surface area (Å²) in [5, 5.41) is 9.12. The number of benzene rings is 1. The third-order valence-corrected chi connectivity index (χ3v) is 3.89.